The zero-order valence-electron chi connectivity index (χ0n) is 9.83. The Labute approximate surface area is 103 Å². The molecule has 0 aliphatic carbocycles. The fraction of sp³-hybridized carbons (Fsp3) is 0.167. The van der Waals surface area contributed by atoms with Crippen molar-refractivity contribution in [3.8, 4) is 0 Å². The van der Waals surface area contributed by atoms with Crippen molar-refractivity contribution >= 4 is 5.91 Å². The topological polar surface area (TPSA) is 76.9 Å². The van der Waals surface area contributed by atoms with Gasteiger partial charge in [0.1, 0.15) is 5.69 Å². The number of nitrogens with zero attached hydrogens (tertiary/aromatic N) is 3. The van der Waals surface area contributed by atoms with Crippen LogP contribution >= 0.6 is 0 Å². The molecule has 1 amide bonds. The lowest BCUT2D eigenvalue weighted by Crippen LogP contribution is -2.28. The van der Waals surface area contributed by atoms with Gasteiger partial charge in [-0.05, 0) is 18.2 Å². The molecule has 0 spiro atoms. The van der Waals surface area contributed by atoms with Gasteiger partial charge in [-0.2, -0.15) is 5.10 Å². The fourth-order valence-electron chi connectivity index (χ4n) is 1.39. The average Bonchev–Trinajstić information content (AvgIpc) is 2.40. The summed E-state index contributed by atoms with van der Waals surface area (Å²) in [6.45, 7) is 0.324. The molecule has 0 saturated heterocycles. The van der Waals surface area contributed by atoms with Gasteiger partial charge in [0.25, 0.3) is 11.5 Å². The number of rotatable bonds is 3. The Bertz CT molecular complexity index is 607. The molecular formula is C12H12N4O2. The predicted octanol–water partition coefficient (Wildman–Crippen LogP) is 0.105. The molecule has 0 aliphatic rings. The molecule has 0 radical (unpaired) electrons. The summed E-state index contributed by atoms with van der Waals surface area (Å²) >= 11 is 0. The number of hydrogen-bond acceptors (Lipinski definition) is 4. The number of pyridine rings is 1. The highest BCUT2D eigenvalue weighted by Crippen LogP contribution is 1.94. The second-order valence-electron chi connectivity index (χ2n) is 3.68. The van der Waals surface area contributed by atoms with E-state index in [-0.39, 0.29) is 17.2 Å². The van der Waals surface area contributed by atoms with Crippen LogP contribution in [0, 0.1) is 0 Å². The van der Waals surface area contributed by atoms with Gasteiger partial charge in [0, 0.05) is 19.3 Å². The molecule has 0 unspecified atom stereocenters. The minimum Gasteiger partial charge on any atom is -0.345 e. The standard InChI is InChI=1S/C12H12N4O2/c1-16-11(17)6-5-10(15-16)12(18)14-8-9-4-2-3-7-13-9/h2-7H,8H2,1H3,(H,14,18). The molecule has 0 bridgehead atoms. The number of hydrogen-bond donors (Lipinski definition) is 1. The smallest absolute Gasteiger partial charge is 0.272 e. The highest BCUT2D eigenvalue weighted by atomic mass is 16.2. The lowest BCUT2D eigenvalue weighted by Gasteiger charge is -2.04. The molecule has 6 heteroatoms. The Morgan fingerprint density at radius 2 is 2.17 bits per heavy atom. The van der Waals surface area contributed by atoms with Gasteiger partial charge >= 0.3 is 0 Å². The Balaban J connectivity index is 2.04. The summed E-state index contributed by atoms with van der Waals surface area (Å²) in [6.07, 6.45) is 1.66. The third-order valence-corrected chi connectivity index (χ3v) is 2.35. The van der Waals surface area contributed by atoms with Crippen molar-refractivity contribution in [1.82, 2.24) is 20.1 Å². The van der Waals surface area contributed by atoms with E-state index >= 15 is 0 Å². The van der Waals surface area contributed by atoms with Crippen LogP contribution in [0.1, 0.15) is 16.2 Å². The number of aromatic nitrogens is 3. The van der Waals surface area contributed by atoms with Crippen LogP contribution in [0.5, 0.6) is 0 Å². The van der Waals surface area contributed by atoms with Gasteiger partial charge < -0.3 is 5.32 Å². The second-order valence-corrected chi connectivity index (χ2v) is 3.68. The minimum absolute atomic E-state index is 0.202. The third kappa shape index (κ3) is 2.79. The van der Waals surface area contributed by atoms with E-state index in [1.54, 1.807) is 12.3 Å². The van der Waals surface area contributed by atoms with Crippen LogP contribution in [0.4, 0.5) is 0 Å². The first-order chi connectivity index (χ1) is 8.66. The van der Waals surface area contributed by atoms with Crippen LogP contribution in [0.2, 0.25) is 0 Å². The van der Waals surface area contributed by atoms with Crippen LogP contribution in [0.3, 0.4) is 0 Å². The zero-order chi connectivity index (χ0) is 13.0. The maximum absolute atomic E-state index is 11.8. The van der Waals surface area contributed by atoms with Crippen LogP contribution in [0.15, 0.2) is 41.3 Å². The summed E-state index contributed by atoms with van der Waals surface area (Å²) in [4.78, 5) is 27.0. The number of aryl methyl sites for hydroxylation is 1. The lowest BCUT2D eigenvalue weighted by molar-refractivity contribution is 0.0943. The van der Waals surface area contributed by atoms with E-state index < -0.39 is 0 Å². The van der Waals surface area contributed by atoms with E-state index in [0.29, 0.717) is 6.54 Å². The van der Waals surface area contributed by atoms with Crippen LogP contribution in [-0.4, -0.2) is 20.7 Å². The molecule has 92 valence electrons. The quantitative estimate of drug-likeness (QED) is 0.831. The lowest BCUT2D eigenvalue weighted by atomic mass is 10.3. The number of nitrogens with one attached hydrogen (secondary N) is 1. The Morgan fingerprint density at radius 1 is 1.33 bits per heavy atom. The summed E-state index contributed by atoms with van der Waals surface area (Å²) < 4.78 is 1.12. The van der Waals surface area contributed by atoms with E-state index in [1.807, 2.05) is 12.1 Å². The highest BCUT2D eigenvalue weighted by Gasteiger charge is 2.08. The fourth-order valence-corrected chi connectivity index (χ4v) is 1.39. The molecule has 0 atom stereocenters. The first-order valence-electron chi connectivity index (χ1n) is 5.39. The SMILES string of the molecule is Cn1nc(C(=O)NCc2ccccn2)ccc1=O. The van der Waals surface area contributed by atoms with Gasteiger partial charge in [0.15, 0.2) is 0 Å². The highest BCUT2D eigenvalue weighted by molar-refractivity contribution is 5.91. The molecular weight excluding hydrogens is 232 g/mol. The summed E-state index contributed by atoms with van der Waals surface area (Å²) in [5, 5.41) is 6.54. The third-order valence-electron chi connectivity index (χ3n) is 2.35. The maximum atomic E-state index is 11.8. The summed E-state index contributed by atoms with van der Waals surface area (Å²) in [6, 6.07) is 8.17. The van der Waals surface area contributed by atoms with Gasteiger partial charge in [-0.15, -0.1) is 0 Å². The summed E-state index contributed by atoms with van der Waals surface area (Å²) in [5.74, 6) is -0.337. The molecule has 2 aromatic heterocycles. The molecule has 6 nitrogen and oxygen atoms in total. The molecule has 2 heterocycles. The van der Waals surface area contributed by atoms with E-state index in [1.165, 1.54) is 19.2 Å². The van der Waals surface area contributed by atoms with Crippen molar-refractivity contribution in [2.75, 3.05) is 0 Å². The number of carbonyl (C=O) groups excluding carboxylic acids is 1. The molecule has 1 N–H and O–H groups in total. The number of amides is 1. The normalized spacial score (nSPS) is 10.1. The van der Waals surface area contributed by atoms with Gasteiger partial charge in [-0.25, -0.2) is 4.68 Å². The Kier molecular flexibility index (Phi) is 3.47. The van der Waals surface area contributed by atoms with Crippen LogP contribution in [-0.2, 0) is 13.6 Å². The van der Waals surface area contributed by atoms with Gasteiger partial charge in [-0.1, -0.05) is 6.07 Å². The molecule has 0 saturated carbocycles. The molecule has 18 heavy (non-hydrogen) atoms. The second kappa shape index (κ2) is 5.22. The predicted molar refractivity (Wildman–Crippen MR) is 64.9 cm³/mol. The van der Waals surface area contributed by atoms with Gasteiger partial charge in [0.05, 0.1) is 12.2 Å². The van der Waals surface area contributed by atoms with Crippen molar-refractivity contribution in [3.05, 3.63) is 58.3 Å². The molecule has 0 aliphatic heterocycles. The minimum atomic E-state index is -0.337. The van der Waals surface area contributed by atoms with Crippen molar-refractivity contribution in [3.63, 3.8) is 0 Å². The van der Waals surface area contributed by atoms with Crippen LogP contribution in [0.25, 0.3) is 0 Å². The van der Waals surface area contributed by atoms with E-state index in [9.17, 15) is 9.59 Å². The molecule has 2 rings (SSSR count). The molecule has 0 fully saturated rings. The largest absolute Gasteiger partial charge is 0.345 e. The molecule has 0 aromatic carbocycles. The maximum Gasteiger partial charge on any atom is 0.272 e. The van der Waals surface area contributed by atoms with Gasteiger partial charge in [0.2, 0.25) is 0 Å². The monoisotopic (exact) mass is 244 g/mol. The van der Waals surface area contributed by atoms with E-state index in [2.05, 4.69) is 15.4 Å². The van der Waals surface area contributed by atoms with Crippen molar-refractivity contribution in [2.45, 2.75) is 6.54 Å². The zero-order valence-corrected chi connectivity index (χ0v) is 9.83. The first kappa shape index (κ1) is 12.0. The van der Waals surface area contributed by atoms with E-state index in [0.717, 1.165) is 10.4 Å². The van der Waals surface area contributed by atoms with Crippen molar-refractivity contribution < 1.29 is 4.79 Å². The average molecular weight is 244 g/mol. The van der Waals surface area contributed by atoms with Crippen LogP contribution < -0.4 is 10.9 Å². The Morgan fingerprint density at radius 3 is 2.83 bits per heavy atom. The van der Waals surface area contributed by atoms with E-state index in [4.69, 9.17) is 0 Å². The Hall–Kier alpha value is -2.50. The number of carbonyl (C=O) groups is 1. The molecule has 2 aromatic rings. The summed E-state index contributed by atoms with van der Waals surface area (Å²) in [5.41, 5.74) is 0.708. The summed E-state index contributed by atoms with van der Waals surface area (Å²) in [7, 11) is 1.50. The van der Waals surface area contributed by atoms with Crippen molar-refractivity contribution in [1.29, 1.82) is 0 Å². The van der Waals surface area contributed by atoms with Gasteiger partial charge in [-0.3, -0.25) is 14.6 Å². The van der Waals surface area contributed by atoms with Crippen molar-refractivity contribution in [2.24, 2.45) is 7.05 Å². The first-order valence-corrected chi connectivity index (χ1v) is 5.39.